The summed E-state index contributed by atoms with van der Waals surface area (Å²) in [4.78, 5) is 44.8. The quantitative estimate of drug-likeness (QED) is 0.199. The maximum absolute atomic E-state index is 12.0. The Labute approximate surface area is 234 Å². The number of nitro benzene ring substituents is 2. The van der Waals surface area contributed by atoms with Crippen molar-refractivity contribution >= 4 is 23.3 Å². The molecular weight excluding hydrogens is 516 g/mol. The normalized spacial score (nSPS) is 16.6. The molecule has 0 amide bonds. The van der Waals surface area contributed by atoms with Crippen LogP contribution in [0.2, 0.25) is 0 Å². The second-order valence-corrected chi connectivity index (χ2v) is 12.7. The van der Waals surface area contributed by atoms with Gasteiger partial charge in [0.05, 0.1) is 22.7 Å². The fourth-order valence-electron chi connectivity index (χ4n) is 4.74. The molecule has 0 unspecified atom stereocenters. The maximum atomic E-state index is 12.0. The lowest BCUT2D eigenvalue weighted by atomic mass is 9.91. The van der Waals surface area contributed by atoms with Crippen LogP contribution in [0.3, 0.4) is 0 Å². The van der Waals surface area contributed by atoms with Gasteiger partial charge in [-0.25, -0.2) is 0 Å². The first-order valence-electron chi connectivity index (χ1n) is 13.4. The van der Waals surface area contributed by atoms with Crippen molar-refractivity contribution in [2.45, 2.75) is 102 Å². The van der Waals surface area contributed by atoms with Crippen molar-refractivity contribution in [3.63, 3.8) is 0 Å². The van der Waals surface area contributed by atoms with Crippen LogP contribution in [0.4, 0.5) is 11.4 Å². The average Bonchev–Trinajstić information content (AvgIpc) is 3.75. The molecule has 0 heterocycles. The van der Waals surface area contributed by atoms with Crippen molar-refractivity contribution < 1.29 is 28.9 Å². The zero-order valence-corrected chi connectivity index (χ0v) is 24.0. The Balaban J connectivity index is 0.000000220. The molecule has 10 heteroatoms. The van der Waals surface area contributed by atoms with Gasteiger partial charge in [-0.1, -0.05) is 30.3 Å². The summed E-state index contributed by atoms with van der Waals surface area (Å²) in [6, 6.07) is 13.1. The van der Waals surface area contributed by atoms with Gasteiger partial charge in [0, 0.05) is 34.6 Å². The fourth-order valence-corrected chi connectivity index (χ4v) is 4.74. The first kappa shape index (κ1) is 30.7. The third kappa shape index (κ3) is 8.34. The zero-order chi connectivity index (χ0) is 29.9. The Kier molecular flexibility index (Phi) is 8.71. The SMILES string of the molecule is CC(C)(C)OC(=O)CC1(c2ccc([N+](=O)[O-])cc2)CC1.CC(C)(C)OC(=O)CC1(c2ccccc2[N+](=O)[O-])CC1. The van der Waals surface area contributed by atoms with E-state index >= 15 is 0 Å². The molecule has 0 aliphatic heterocycles. The van der Waals surface area contributed by atoms with E-state index in [4.69, 9.17) is 9.47 Å². The summed E-state index contributed by atoms with van der Waals surface area (Å²) in [5.74, 6) is -0.512. The van der Waals surface area contributed by atoms with Crippen molar-refractivity contribution in [1.29, 1.82) is 0 Å². The monoisotopic (exact) mass is 554 g/mol. The average molecular weight is 555 g/mol. The van der Waals surface area contributed by atoms with Crippen LogP contribution >= 0.6 is 0 Å². The minimum absolute atomic E-state index is 0.0711. The highest BCUT2D eigenvalue weighted by atomic mass is 16.6. The highest BCUT2D eigenvalue weighted by Crippen LogP contribution is 2.54. The van der Waals surface area contributed by atoms with E-state index in [0.29, 0.717) is 12.0 Å². The molecule has 2 aliphatic rings. The van der Waals surface area contributed by atoms with E-state index < -0.39 is 21.5 Å². The van der Waals surface area contributed by atoms with Gasteiger partial charge in [-0.3, -0.25) is 29.8 Å². The second kappa shape index (κ2) is 11.3. The highest BCUT2D eigenvalue weighted by Gasteiger charge is 2.50. The van der Waals surface area contributed by atoms with E-state index in [1.54, 1.807) is 30.3 Å². The first-order valence-corrected chi connectivity index (χ1v) is 13.4. The molecule has 0 saturated heterocycles. The molecule has 0 aromatic heterocycles. The van der Waals surface area contributed by atoms with E-state index in [9.17, 15) is 29.8 Å². The smallest absolute Gasteiger partial charge is 0.307 e. The number of ether oxygens (including phenoxy) is 2. The van der Waals surface area contributed by atoms with Gasteiger partial charge in [-0.2, -0.15) is 0 Å². The molecule has 2 fully saturated rings. The third-order valence-electron chi connectivity index (χ3n) is 6.88. The summed E-state index contributed by atoms with van der Waals surface area (Å²) < 4.78 is 10.7. The number of nitrogens with zero attached hydrogens (tertiary/aromatic N) is 2. The zero-order valence-electron chi connectivity index (χ0n) is 24.0. The predicted molar refractivity (Wildman–Crippen MR) is 149 cm³/mol. The minimum Gasteiger partial charge on any atom is -0.460 e. The van der Waals surface area contributed by atoms with Crippen molar-refractivity contribution in [1.82, 2.24) is 0 Å². The van der Waals surface area contributed by atoms with Crippen LogP contribution < -0.4 is 0 Å². The van der Waals surface area contributed by atoms with E-state index in [0.717, 1.165) is 31.2 Å². The molecule has 2 aromatic rings. The fraction of sp³-hybridized carbons (Fsp3) is 0.533. The number of hydrogen-bond acceptors (Lipinski definition) is 8. The van der Waals surface area contributed by atoms with Gasteiger partial charge < -0.3 is 9.47 Å². The standard InChI is InChI=1S/2C15H19NO4/c1-14(2,3)20-13(17)10-15(8-9-15)11-4-6-12(7-5-11)16(18)19;1-14(2,3)20-13(17)10-15(8-9-15)11-6-4-5-7-12(11)16(18)19/h2*4-7H,8-10H2,1-3H3. The van der Waals surface area contributed by atoms with Gasteiger partial charge in [0.25, 0.3) is 11.4 Å². The van der Waals surface area contributed by atoms with Gasteiger partial charge in [0.2, 0.25) is 0 Å². The second-order valence-electron chi connectivity index (χ2n) is 12.7. The van der Waals surface area contributed by atoms with Crippen LogP contribution in [0.25, 0.3) is 0 Å². The number of nitro groups is 2. The summed E-state index contributed by atoms with van der Waals surface area (Å²) in [6.07, 6.45) is 3.96. The Hall–Kier alpha value is -3.82. The predicted octanol–water partition coefficient (Wildman–Crippen LogP) is 6.72. The molecule has 216 valence electrons. The van der Waals surface area contributed by atoms with Crippen molar-refractivity contribution in [2.75, 3.05) is 0 Å². The summed E-state index contributed by atoms with van der Waals surface area (Å²) in [5.41, 5.74) is 0.183. The molecule has 0 atom stereocenters. The number of para-hydroxylation sites is 1. The van der Waals surface area contributed by atoms with Gasteiger partial charge in [0.1, 0.15) is 11.2 Å². The number of hydrogen-bond donors (Lipinski definition) is 0. The Bertz CT molecular complexity index is 1260. The van der Waals surface area contributed by atoms with Crippen LogP contribution in [-0.4, -0.2) is 33.0 Å². The van der Waals surface area contributed by atoms with E-state index in [-0.39, 0.29) is 40.1 Å². The number of rotatable bonds is 8. The summed E-state index contributed by atoms with van der Waals surface area (Å²) >= 11 is 0. The number of carbonyl (C=O) groups excluding carboxylic acids is 2. The van der Waals surface area contributed by atoms with Gasteiger partial charge in [-0.05, 0) is 72.8 Å². The molecule has 2 aliphatic carbocycles. The van der Waals surface area contributed by atoms with Crippen LogP contribution in [0, 0.1) is 20.2 Å². The van der Waals surface area contributed by atoms with Gasteiger partial charge in [-0.15, -0.1) is 0 Å². The minimum atomic E-state index is -0.532. The summed E-state index contributed by atoms with van der Waals surface area (Å²) in [6.45, 7) is 11.0. The topological polar surface area (TPSA) is 139 Å². The molecule has 0 N–H and O–H groups in total. The van der Waals surface area contributed by atoms with Crippen LogP contribution in [0.15, 0.2) is 48.5 Å². The molecule has 4 rings (SSSR count). The molecule has 0 spiro atoms. The molecule has 2 aromatic carbocycles. The van der Waals surface area contributed by atoms with Gasteiger partial charge >= 0.3 is 11.9 Å². The number of esters is 2. The van der Waals surface area contributed by atoms with Crippen molar-refractivity contribution in [3.05, 3.63) is 79.9 Å². The lowest BCUT2D eigenvalue weighted by molar-refractivity contribution is -0.385. The molecule has 0 radical (unpaired) electrons. The molecular formula is C30H38N2O8. The lowest BCUT2D eigenvalue weighted by Crippen LogP contribution is -2.26. The number of carbonyl (C=O) groups is 2. The molecule has 40 heavy (non-hydrogen) atoms. The Morgan fingerprint density at radius 1 is 0.725 bits per heavy atom. The Morgan fingerprint density at radius 3 is 1.57 bits per heavy atom. The largest absolute Gasteiger partial charge is 0.460 e. The summed E-state index contributed by atoms with van der Waals surface area (Å²) in [5, 5.41) is 21.7. The third-order valence-corrected chi connectivity index (χ3v) is 6.88. The molecule has 2 saturated carbocycles. The van der Waals surface area contributed by atoms with Crippen LogP contribution in [-0.2, 0) is 29.9 Å². The summed E-state index contributed by atoms with van der Waals surface area (Å²) in [7, 11) is 0. The number of benzene rings is 2. The molecule has 0 bridgehead atoms. The van der Waals surface area contributed by atoms with Crippen LogP contribution in [0.1, 0.15) is 91.2 Å². The Morgan fingerprint density at radius 2 is 1.18 bits per heavy atom. The van der Waals surface area contributed by atoms with E-state index in [2.05, 4.69) is 0 Å². The maximum Gasteiger partial charge on any atom is 0.307 e. The highest BCUT2D eigenvalue weighted by molar-refractivity contribution is 5.74. The van der Waals surface area contributed by atoms with Crippen LogP contribution in [0.5, 0.6) is 0 Å². The van der Waals surface area contributed by atoms with Crippen molar-refractivity contribution in [3.8, 4) is 0 Å². The van der Waals surface area contributed by atoms with Gasteiger partial charge in [0.15, 0.2) is 0 Å². The van der Waals surface area contributed by atoms with E-state index in [1.165, 1.54) is 18.2 Å². The van der Waals surface area contributed by atoms with Crippen molar-refractivity contribution in [2.24, 2.45) is 0 Å². The number of non-ortho nitro benzene ring substituents is 1. The molecule has 10 nitrogen and oxygen atoms in total. The first-order chi connectivity index (χ1) is 18.5. The lowest BCUT2D eigenvalue weighted by Gasteiger charge is -2.22. The van der Waals surface area contributed by atoms with E-state index in [1.807, 2.05) is 41.5 Å².